The maximum Gasteiger partial charge on any atom is 0.254 e. The van der Waals surface area contributed by atoms with Gasteiger partial charge in [-0.25, -0.2) is 9.51 Å². The van der Waals surface area contributed by atoms with Crippen molar-refractivity contribution < 1.29 is 4.79 Å². The van der Waals surface area contributed by atoms with E-state index in [2.05, 4.69) is 56.7 Å². The number of rotatable bonds is 6. The van der Waals surface area contributed by atoms with Crippen LogP contribution in [0.5, 0.6) is 0 Å². The van der Waals surface area contributed by atoms with Gasteiger partial charge in [0.05, 0.1) is 23.0 Å². The molecular formula is C26H29N7O. The number of fused-ring (bicyclic) bond motifs is 2. The highest BCUT2D eigenvalue weighted by atomic mass is 16.1. The Labute approximate surface area is 199 Å². The number of allylic oxidation sites excluding steroid dienone is 3. The van der Waals surface area contributed by atoms with E-state index in [1.165, 1.54) is 5.70 Å². The maximum atomic E-state index is 12.8. The zero-order valence-electron chi connectivity index (χ0n) is 19.6. The summed E-state index contributed by atoms with van der Waals surface area (Å²) in [5.74, 6) is 0.498. The summed E-state index contributed by atoms with van der Waals surface area (Å²) in [4.78, 5) is 19.3. The number of aromatic nitrogens is 2. The third-order valence-corrected chi connectivity index (χ3v) is 6.45. The van der Waals surface area contributed by atoms with Gasteiger partial charge >= 0.3 is 0 Å². The summed E-state index contributed by atoms with van der Waals surface area (Å²) in [6.07, 6.45) is 7.81. The van der Waals surface area contributed by atoms with Crippen LogP contribution in [0.3, 0.4) is 0 Å². The third-order valence-electron chi connectivity index (χ3n) is 6.45. The molecule has 8 heteroatoms. The van der Waals surface area contributed by atoms with Gasteiger partial charge in [-0.3, -0.25) is 4.79 Å². The van der Waals surface area contributed by atoms with Gasteiger partial charge in [-0.05, 0) is 61.5 Å². The van der Waals surface area contributed by atoms with Crippen LogP contribution in [0, 0.1) is 6.92 Å². The van der Waals surface area contributed by atoms with Gasteiger partial charge in [-0.2, -0.15) is 5.10 Å². The van der Waals surface area contributed by atoms with Crippen LogP contribution < -0.4 is 16.0 Å². The molecule has 0 radical (unpaired) electrons. The number of benzene rings is 1. The lowest BCUT2D eigenvalue weighted by Gasteiger charge is -2.29. The van der Waals surface area contributed by atoms with Gasteiger partial charge in [0.15, 0.2) is 0 Å². The summed E-state index contributed by atoms with van der Waals surface area (Å²) in [5, 5.41) is 14.2. The van der Waals surface area contributed by atoms with E-state index in [9.17, 15) is 4.79 Å². The molecule has 5 rings (SSSR count). The molecule has 4 heterocycles. The second-order valence-electron chi connectivity index (χ2n) is 8.67. The Morgan fingerprint density at radius 1 is 1.18 bits per heavy atom. The summed E-state index contributed by atoms with van der Waals surface area (Å²) in [6.45, 7) is 12.3. The van der Waals surface area contributed by atoms with Gasteiger partial charge in [0, 0.05) is 50.2 Å². The zero-order chi connectivity index (χ0) is 23.7. The monoisotopic (exact) mass is 455 g/mol. The van der Waals surface area contributed by atoms with Gasteiger partial charge in [0.2, 0.25) is 0 Å². The predicted molar refractivity (Wildman–Crippen MR) is 136 cm³/mol. The lowest BCUT2D eigenvalue weighted by molar-refractivity contribution is 0.0966. The van der Waals surface area contributed by atoms with Gasteiger partial charge < -0.3 is 20.9 Å². The minimum Gasteiger partial charge on any atom is -0.372 e. The van der Waals surface area contributed by atoms with Crippen molar-refractivity contribution >= 4 is 23.8 Å². The van der Waals surface area contributed by atoms with Crippen LogP contribution in [0.1, 0.15) is 28.4 Å². The number of piperazine rings is 1. The van der Waals surface area contributed by atoms with E-state index in [-0.39, 0.29) is 5.91 Å². The molecule has 1 fully saturated rings. The Morgan fingerprint density at radius 3 is 2.79 bits per heavy atom. The van der Waals surface area contributed by atoms with E-state index in [1.54, 1.807) is 0 Å². The first-order valence-electron chi connectivity index (χ1n) is 11.5. The van der Waals surface area contributed by atoms with Crippen LogP contribution in [0.15, 0.2) is 65.3 Å². The van der Waals surface area contributed by atoms with Crippen LogP contribution in [0.25, 0.3) is 16.6 Å². The summed E-state index contributed by atoms with van der Waals surface area (Å²) in [7, 11) is 0. The van der Waals surface area contributed by atoms with Gasteiger partial charge in [-0.1, -0.05) is 12.1 Å². The molecule has 34 heavy (non-hydrogen) atoms. The molecule has 3 N–H and O–H groups in total. The fourth-order valence-electron chi connectivity index (χ4n) is 4.59. The molecule has 2 aliphatic heterocycles. The van der Waals surface area contributed by atoms with E-state index in [0.29, 0.717) is 23.6 Å². The summed E-state index contributed by atoms with van der Waals surface area (Å²) < 4.78 is 1.88. The van der Waals surface area contributed by atoms with Crippen molar-refractivity contribution in [2.75, 3.05) is 31.5 Å². The van der Waals surface area contributed by atoms with Crippen molar-refractivity contribution in [3.8, 4) is 11.1 Å². The maximum absolute atomic E-state index is 12.8. The Kier molecular flexibility index (Phi) is 5.90. The first kappa shape index (κ1) is 21.9. The van der Waals surface area contributed by atoms with E-state index < -0.39 is 0 Å². The number of carbonyl (C=O) groups excluding carboxylic acids is 1. The highest BCUT2D eigenvalue weighted by Crippen LogP contribution is 2.36. The molecule has 1 aromatic carbocycles. The van der Waals surface area contributed by atoms with Crippen molar-refractivity contribution in [3.05, 3.63) is 77.0 Å². The normalized spacial score (nSPS) is 16.5. The number of pyridine rings is 1. The van der Waals surface area contributed by atoms with Gasteiger partial charge in [0.1, 0.15) is 5.82 Å². The molecule has 0 saturated carbocycles. The fraction of sp³-hybridized carbons (Fsp3) is 0.269. The molecule has 1 saturated heterocycles. The average Bonchev–Trinajstić information content (AvgIpc) is 3.46. The number of nitrogens with one attached hydrogen (secondary N) is 3. The van der Waals surface area contributed by atoms with Crippen molar-refractivity contribution in [2.45, 2.75) is 20.4 Å². The van der Waals surface area contributed by atoms with E-state index in [0.717, 1.165) is 53.9 Å². The molecule has 1 amide bonds. The summed E-state index contributed by atoms with van der Waals surface area (Å²) in [6, 6.07) is 8.11. The molecule has 8 nitrogen and oxygen atoms in total. The van der Waals surface area contributed by atoms with Crippen LogP contribution in [-0.4, -0.2) is 53.3 Å². The SMILES string of the molecule is C=N/C(=C\C=C(/C)N1CCNCC1)Nc1ccc(-c2cnn3cc(C)ccc23)c2c1C(=O)NC2. The van der Waals surface area contributed by atoms with E-state index >= 15 is 0 Å². The molecule has 174 valence electrons. The van der Waals surface area contributed by atoms with Crippen molar-refractivity contribution in [1.29, 1.82) is 0 Å². The second kappa shape index (κ2) is 9.15. The molecule has 0 aliphatic carbocycles. The summed E-state index contributed by atoms with van der Waals surface area (Å²) in [5.41, 5.74) is 7.65. The Morgan fingerprint density at radius 2 is 2.00 bits per heavy atom. The Balaban J connectivity index is 1.47. The van der Waals surface area contributed by atoms with E-state index in [1.807, 2.05) is 48.1 Å². The first-order chi connectivity index (χ1) is 16.5. The third kappa shape index (κ3) is 4.08. The second-order valence-corrected chi connectivity index (χ2v) is 8.67. The standard InChI is InChI=1S/C26H29N7O/c1-17-4-8-23-20(15-30-33(23)16-17)19-6-7-22(25-21(19)14-29-26(25)34)31-24(27-3)9-5-18(2)32-12-10-28-11-13-32/h4-9,15-16,28,31H,3,10-14H2,1-2H3,(H,29,34)/b18-5+,24-9+. The largest absolute Gasteiger partial charge is 0.372 e. The molecule has 3 aromatic rings. The smallest absolute Gasteiger partial charge is 0.254 e. The highest BCUT2D eigenvalue weighted by Gasteiger charge is 2.27. The number of nitrogens with zero attached hydrogens (tertiary/aromatic N) is 4. The first-order valence-corrected chi connectivity index (χ1v) is 11.5. The molecule has 2 aliphatic rings. The van der Waals surface area contributed by atoms with Crippen LogP contribution in [-0.2, 0) is 6.54 Å². The quantitative estimate of drug-likeness (QED) is 0.392. The lowest BCUT2D eigenvalue weighted by atomic mass is 9.96. The topological polar surface area (TPSA) is 86.1 Å². The Hall–Kier alpha value is -3.91. The molecule has 2 aromatic heterocycles. The number of amides is 1. The molecule has 0 spiro atoms. The van der Waals surface area contributed by atoms with Crippen molar-refractivity contribution in [1.82, 2.24) is 25.1 Å². The molecule has 0 atom stereocenters. The molecule has 0 bridgehead atoms. The molecular weight excluding hydrogens is 426 g/mol. The van der Waals surface area contributed by atoms with Gasteiger partial charge in [0.25, 0.3) is 5.91 Å². The van der Waals surface area contributed by atoms with Crippen molar-refractivity contribution in [2.24, 2.45) is 4.99 Å². The van der Waals surface area contributed by atoms with Crippen LogP contribution in [0.4, 0.5) is 5.69 Å². The Bertz CT molecular complexity index is 1330. The number of aliphatic imine (C=N–C) groups is 1. The minimum absolute atomic E-state index is 0.0948. The summed E-state index contributed by atoms with van der Waals surface area (Å²) >= 11 is 0. The highest BCUT2D eigenvalue weighted by molar-refractivity contribution is 6.06. The zero-order valence-corrected chi connectivity index (χ0v) is 19.6. The average molecular weight is 456 g/mol. The van der Waals surface area contributed by atoms with Crippen molar-refractivity contribution in [3.63, 3.8) is 0 Å². The van der Waals surface area contributed by atoms with Gasteiger partial charge in [-0.15, -0.1) is 0 Å². The lowest BCUT2D eigenvalue weighted by Crippen LogP contribution is -2.42. The number of hydrogen-bond acceptors (Lipinski definition) is 6. The number of carbonyl (C=O) groups is 1. The minimum atomic E-state index is -0.0948. The number of hydrogen-bond donors (Lipinski definition) is 3. The predicted octanol–water partition coefficient (Wildman–Crippen LogP) is 3.32. The molecule has 0 unspecified atom stereocenters. The number of aryl methyl sites for hydroxylation is 1. The number of anilines is 1. The fourth-order valence-corrected chi connectivity index (χ4v) is 4.59. The van der Waals surface area contributed by atoms with E-state index in [4.69, 9.17) is 0 Å². The van der Waals surface area contributed by atoms with Crippen LogP contribution in [0.2, 0.25) is 0 Å². The van der Waals surface area contributed by atoms with Crippen LogP contribution >= 0.6 is 0 Å².